The van der Waals surface area contributed by atoms with E-state index in [0.717, 1.165) is 0 Å². The summed E-state index contributed by atoms with van der Waals surface area (Å²) >= 11 is 3.14. The molecular weight excluding hydrogens is 340 g/mol. The van der Waals surface area contributed by atoms with Crippen LogP contribution in [0.2, 0.25) is 0 Å². The van der Waals surface area contributed by atoms with Crippen molar-refractivity contribution in [3.8, 4) is 5.75 Å². The summed E-state index contributed by atoms with van der Waals surface area (Å²) in [7, 11) is -3.56. The molecule has 1 atom stereocenters. The van der Waals surface area contributed by atoms with Gasteiger partial charge >= 0.3 is 0 Å². The molecule has 1 rings (SSSR count). The molecule has 0 bridgehead atoms. The average molecular weight is 353 g/mol. The van der Waals surface area contributed by atoms with Crippen molar-refractivity contribution in [3.05, 3.63) is 32.8 Å². The molecule has 0 aromatic heterocycles. The highest BCUT2D eigenvalue weighted by molar-refractivity contribution is 9.10. The van der Waals surface area contributed by atoms with Gasteiger partial charge in [-0.05, 0) is 6.07 Å². The average Bonchev–Trinajstić information content (AvgIpc) is 2.23. The zero-order chi connectivity index (χ0) is 14.6. The zero-order valence-corrected chi connectivity index (χ0v) is 12.5. The monoisotopic (exact) mass is 352 g/mol. The van der Waals surface area contributed by atoms with E-state index in [0.29, 0.717) is 10.2 Å². The minimum absolute atomic E-state index is 0.101. The maximum Gasteiger partial charge on any atom is 0.274 e. The molecule has 0 spiro atoms. The summed E-state index contributed by atoms with van der Waals surface area (Å²) in [5.74, 6) is -0.223. The van der Waals surface area contributed by atoms with Gasteiger partial charge in [-0.2, -0.15) is 0 Å². The normalized spacial score (nSPS) is 13.0. The molecule has 0 radical (unpaired) electrons. The molecule has 0 heterocycles. The van der Waals surface area contributed by atoms with Crippen LogP contribution in [0.15, 0.2) is 22.7 Å². The molecule has 0 saturated heterocycles. The third kappa shape index (κ3) is 5.99. The fraction of sp³-hybridized carbons (Fsp3) is 0.400. The lowest BCUT2D eigenvalue weighted by atomic mass is 10.2. The zero-order valence-electron chi connectivity index (χ0n) is 10.1. The van der Waals surface area contributed by atoms with Crippen LogP contribution >= 0.6 is 15.9 Å². The van der Waals surface area contributed by atoms with Crippen molar-refractivity contribution in [1.29, 1.82) is 0 Å². The minimum Gasteiger partial charge on any atom is -0.493 e. The van der Waals surface area contributed by atoms with Crippen molar-refractivity contribution in [1.82, 2.24) is 0 Å². The van der Waals surface area contributed by atoms with Crippen LogP contribution < -0.4 is 9.88 Å². The van der Waals surface area contributed by atoms with Crippen molar-refractivity contribution in [2.75, 3.05) is 12.4 Å². The lowest BCUT2D eigenvalue weighted by molar-refractivity contribution is -0.385. The Balaban J connectivity index is 2.70. The molecule has 2 N–H and O–H groups in total. The number of hydrogen-bond donors (Lipinski definition) is 1. The number of nitro benzene ring substituents is 1. The van der Waals surface area contributed by atoms with Gasteiger partial charge in [0.05, 0.1) is 23.3 Å². The molecule has 0 saturated carbocycles. The first-order chi connectivity index (χ1) is 8.67. The third-order valence-electron chi connectivity index (χ3n) is 2.12. The van der Waals surface area contributed by atoms with Gasteiger partial charge in [-0.1, -0.05) is 22.9 Å². The fourth-order valence-corrected chi connectivity index (χ4v) is 2.77. The van der Waals surface area contributed by atoms with Crippen LogP contribution in [-0.2, 0) is 10.0 Å². The molecule has 1 aromatic rings. The summed E-state index contributed by atoms with van der Waals surface area (Å²) < 4.78 is 27.6. The summed E-state index contributed by atoms with van der Waals surface area (Å²) in [6.45, 7) is 1.76. The van der Waals surface area contributed by atoms with E-state index >= 15 is 0 Å². The number of rotatable bonds is 6. The maximum absolute atomic E-state index is 10.9. The number of benzene rings is 1. The molecule has 0 fully saturated rings. The largest absolute Gasteiger partial charge is 0.493 e. The van der Waals surface area contributed by atoms with Crippen molar-refractivity contribution in [2.45, 2.75) is 6.92 Å². The van der Waals surface area contributed by atoms with E-state index in [4.69, 9.17) is 9.88 Å². The number of halogens is 1. The van der Waals surface area contributed by atoms with E-state index in [9.17, 15) is 18.5 Å². The Morgan fingerprint density at radius 3 is 2.63 bits per heavy atom. The van der Waals surface area contributed by atoms with Crippen molar-refractivity contribution in [2.24, 2.45) is 11.1 Å². The van der Waals surface area contributed by atoms with Crippen LogP contribution in [0.3, 0.4) is 0 Å². The van der Waals surface area contributed by atoms with E-state index < -0.39 is 14.9 Å². The molecule has 106 valence electrons. The van der Waals surface area contributed by atoms with E-state index in [2.05, 4.69) is 15.9 Å². The summed E-state index contributed by atoms with van der Waals surface area (Å²) in [6.07, 6.45) is 0. The molecule has 9 heteroatoms. The van der Waals surface area contributed by atoms with Gasteiger partial charge in [0, 0.05) is 16.5 Å². The van der Waals surface area contributed by atoms with Crippen LogP contribution in [-0.4, -0.2) is 25.7 Å². The van der Waals surface area contributed by atoms with Gasteiger partial charge < -0.3 is 4.74 Å². The maximum atomic E-state index is 10.9. The molecule has 7 nitrogen and oxygen atoms in total. The smallest absolute Gasteiger partial charge is 0.274 e. The molecule has 0 aliphatic carbocycles. The van der Waals surface area contributed by atoms with E-state index in [1.54, 1.807) is 13.0 Å². The van der Waals surface area contributed by atoms with Crippen molar-refractivity contribution in [3.63, 3.8) is 0 Å². The number of nitro groups is 1. The predicted octanol–water partition coefficient (Wildman–Crippen LogP) is 1.66. The number of ether oxygens (including phenoxy) is 1. The number of hydrogen-bond acceptors (Lipinski definition) is 5. The van der Waals surface area contributed by atoms with Gasteiger partial charge in [-0.15, -0.1) is 0 Å². The third-order valence-corrected chi connectivity index (χ3v) is 3.61. The van der Waals surface area contributed by atoms with Gasteiger partial charge in [-0.3, -0.25) is 10.1 Å². The first kappa shape index (κ1) is 15.9. The highest BCUT2D eigenvalue weighted by Gasteiger charge is 2.14. The fourth-order valence-electron chi connectivity index (χ4n) is 1.42. The van der Waals surface area contributed by atoms with Gasteiger partial charge in [-0.25, -0.2) is 13.6 Å². The molecule has 1 aromatic carbocycles. The number of non-ortho nitro benzene ring substituents is 1. The van der Waals surface area contributed by atoms with Crippen LogP contribution in [0.1, 0.15) is 6.92 Å². The Labute approximate surface area is 119 Å². The molecule has 0 aliphatic rings. The Bertz CT molecular complexity index is 575. The van der Waals surface area contributed by atoms with Crippen LogP contribution in [0.5, 0.6) is 5.75 Å². The SMILES string of the molecule is CC(COc1cc(Br)cc([N+](=O)[O-])c1)CS(N)(=O)=O. The second-order valence-corrected chi connectivity index (χ2v) is 6.72. The van der Waals surface area contributed by atoms with Gasteiger partial charge in [0.1, 0.15) is 5.75 Å². The van der Waals surface area contributed by atoms with Crippen molar-refractivity contribution >= 4 is 31.6 Å². The quantitative estimate of drug-likeness (QED) is 0.617. The summed E-state index contributed by atoms with van der Waals surface area (Å²) in [4.78, 5) is 10.1. The van der Waals surface area contributed by atoms with E-state index in [1.807, 2.05) is 0 Å². The van der Waals surface area contributed by atoms with Crippen LogP contribution in [0.25, 0.3) is 0 Å². The Morgan fingerprint density at radius 1 is 1.47 bits per heavy atom. The number of primary sulfonamides is 1. The first-order valence-corrected chi connectivity index (χ1v) is 7.76. The van der Waals surface area contributed by atoms with Crippen molar-refractivity contribution < 1.29 is 18.1 Å². The number of nitrogens with two attached hydrogens (primary N) is 1. The van der Waals surface area contributed by atoms with E-state index in [1.165, 1.54) is 12.1 Å². The lowest BCUT2D eigenvalue weighted by Gasteiger charge is -2.12. The molecule has 0 amide bonds. The number of nitrogens with zero attached hydrogens (tertiary/aromatic N) is 1. The highest BCUT2D eigenvalue weighted by atomic mass is 79.9. The Kier molecular flexibility index (Phi) is 5.27. The summed E-state index contributed by atoms with van der Waals surface area (Å²) in [6, 6.07) is 4.19. The lowest BCUT2D eigenvalue weighted by Crippen LogP contribution is -2.25. The van der Waals surface area contributed by atoms with Crippen LogP contribution in [0.4, 0.5) is 5.69 Å². The second-order valence-electron chi connectivity index (χ2n) is 4.15. The summed E-state index contributed by atoms with van der Waals surface area (Å²) in [5, 5.41) is 15.6. The van der Waals surface area contributed by atoms with Gasteiger partial charge in [0.2, 0.25) is 10.0 Å². The molecule has 19 heavy (non-hydrogen) atoms. The van der Waals surface area contributed by atoms with Gasteiger partial charge in [0.15, 0.2) is 0 Å². The summed E-state index contributed by atoms with van der Waals surface area (Å²) in [5.41, 5.74) is -0.108. The predicted molar refractivity (Wildman–Crippen MR) is 73.4 cm³/mol. The standard InChI is InChI=1S/C10H13BrN2O5S/c1-7(6-19(12,16)17)5-18-10-3-8(11)2-9(4-10)13(14)15/h2-4,7H,5-6H2,1H3,(H2,12,16,17). The first-order valence-electron chi connectivity index (χ1n) is 5.25. The highest BCUT2D eigenvalue weighted by Crippen LogP contribution is 2.26. The Hall–Kier alpha value is -1.19. The number of sulfonamides is 1. The van der Waals surface area contributed by atoms with Gasteiger partial charge in [0.25, 0.3) is 5.69 Å². The minimum atomic E-state index is -3.56. The molecule has 0 aliphatic heterocycles. The molecular formula is C10H13BrN2O5S. The van der Waals surface area contributed by atoms with E-state index in [-0.39, 0.29) is 24.0 Å². The second kappa shape index (κ2) is 6.31. The Morgan fingerprint density at radius 2 is 2.11 bits per heavy atom. The van der Waals surface area contributed by atoms with Crippen LogP contribution in [0, 0.1) is 16.0 Å². The topological polar surface area (TPSA) is 113 Å². The molecule has 1 unspecified atom stereocenters.